The third-order valence-corrected chi connectivity index (χ3v) is 4.14. The smallest absolute Gasteiger partial charge is 0.191 e. The number of para-hydroxylation sites is 2. The number of thiocarbonyl (C=S) groups is 1. The number of ether oxygens (including phenoxy) is 1. The van der Waals surface area contributed by atoms with Crippen molar-refractivity contribution in [1.82, 2.24) is 5.43 Å². The number of hydrogen-bond donors (Lipinski definition) is 2. The Labute approximate surface area is 143 Å². The van der Waals surface area contributed by atoms with Crippen LogP contribution in [0.1, 0.15) is 26.7 Å². The summed E-state index contributed by atoms with van der Waals surface area (Å²) in [7, 11) is 1.63. The molecule has 0 radical (unpaired) electrons. The number of anilines is 1. The molecule has 0 spiro atoms. The lowest BCUT2D eigenvalue weighted by Gasteiger charge is -2.22. The Hall–Kier alpha value is -2.14. The summed E-state index contributed by atoms with van der Waals surface area (Å²) in [4.78, 5) is 0. The molecule has 0 saturated carbocycles. The molecular weight excluding hydrogens is 306 g/mol. The standard InChI is InChI=1S/C18H23N3OS/c1-12(2)14-10-9-13(3)16(11-14)20-21-18(23)19-15-7-5-6-8-17(15)22-4/h5-9,14H,1,10-11H2,2-4H3,(H2,19,21,23)/t14-/m0/s1. The van der Waals surface area contributed by atoms with Crippen molar-refractivity contribution in [1.29, 1.82) is 0 Å². The molecule has 0 heterocycles. The van der Waals surface area contributed by atoms with Crippen molar-refractivity contribution in [2.75, 3.05) is 12.4 Å². The number of nitrogens with zero attached hydrogens (tertiary/aromatic N) is 1. The number of rotatable bonds is 4. The molecular formula is C18H23N3OS. The fourth-order valence-electron chi connectivity index (χ4n) is 2.44. The van der Waals surface area contributed by atoms with Crippen LogP contribution >= 0.6 is 12.2 Å². The first-order valence-corrected chi connectivity index (χ1v) is 8.01. The molecule has 5 heteroatoms. The number of nitrogens with one attached hydrogen (secondary N) is 2. The largest absolute Gasteiger partial charge is 0.495 e. The van der Waals surface area contributed by atoms with Crippen LogP contribution in [-0.2, 0) is 0 Å². The van der Waals surface area contributed by atoms with E-state index in [1.807, 2.05) is 24.3 Å². The first-order valence-electron chi connectivity index (χ1n) is 7.60. The van der Waals surface area contributed by atoms with Gasteiger partial charge in [-0.3, -0.25) is 5.43 Å². The van der Waals surface area contributed by atoms with Gasteiger partial charge in [0.1, 0.15) is 5.75 Å². The van der Waals surface area contributed by atoms with Gasteiger partial charge in [0.25, 0.3) is 0 Å². The third-order valence-electron chi connectivity index (χ3n) is 3.95. The predicted molar refractivity (Wildman–Crippen MR) is 101 cm³/mol. The van der Waals surface area contributed by atoms with E-state index < -0.39 is 0 Å². The van der Waals surface area contributed by atoms with Crippen LogP contribution in [0.25, 0.3) is 0 Å². The van der Waals surface area contributed by atoms with E-state index in [2.05, 4.69) is 42.3 Å². The van der Waals surface area contributed by atoms with E-state index >= 15 is 0 Å². The molecule has 0 amide bonds. The number of allylic oxidation sites excluding steroid dienone is 3. The second-order valence-corrected chi connectivity index (χ2v) is 6.10. The summed E-state index contributed by atoms with van der Waals surface area (Å²) < 4.78 is 5.29. The SMILES string of the molecule is C=C(C)[C@H]1CC=C(C)C(=NNC(=S)Nc2ccccc2OC)C1. The van der Waals surface area contributed by atoms with Crippen molar-refractivity contribution < 1.29 is 4.74 Å². The zero-order valence-corrected chi connectivity index (χ0v) is 14.7. The highest BCUT2D eigenvalue weighted by Crippen LogP contribution is 2.26. The first-order chi connectivity index (χ1) is 11.0. The number of hydrogen-bond acceptors (Lipinski definition) is 3. The van der Waals surface area contributed by atoms with Crippen LogP contribution in [0.15, 0.2) is 53.2 Å². The Morgan fingerprint density at radius 2 is 2.13 bits per heavy atom. The second-order valence-electron chi connectivity index (χ2n) is 5.69. The van der Waals surface area contributed by atoms with Gasteiger partial charge in [0, 0.05) is 0 Å². The lowest BCUT2D eigenvalue weighted by atomic mass is 9.85. The Morgan fingerprint density at radius 1 is 1.39 bits per heavy atom. The molecule has 4 nitrogen and oxygen atoms in total. The molecule has 1 aromatic carbocycles. The minimum atomic E-state index is 0.437. The van der Waals surface area contributed by atoms with Gasteiger partial charge < -0.3 is 10.1 Å². The van der Waals surface area contributed by atoms with Crippen molar-refractivity contribution in [3.05, 3.63) is 48.1 Å². The lowest BCUT2D eigenvalue weighted by Crippen LogP contribution is -2.27. The van der Waals surface area contributed by atoms with Crippen LogP contribution in [0.4, 0.5) is 5.69 Å². The molecule has 1 aromatic rings. The monoisotopic (exact) mass is 329 g/mol. The van der Waals surface area contributed by atoms with Gasteiger partial charge in [-0.2, -0.15) is 5.10 Å². The normalized spacial score (nSPS) is 19.0. The molecule has 0 aromatic heterocycles. The molecule has 0 saturated heterocycles. The van der Waals surface area contributed by atoms with E-state index in [4.69, 9.17) is 17.0 Å². The molecule has 0 aliphatic heterocycles. The third kappa shape index (κ3) is 4.66. The Bertz CT molecular complexity index is 664. The van der Waals surface area contributed by atoms with E-state index in [9.17, 15) is 0 Å². The zero-order valence-electron chi connectivity index (χ0n) is 13.8. The van der Waals surface area contributed by atoms with Crippen molar-refractivity contribution in [3.8, 4) is 5.75 Å². The van der Waals surface area contributed by atoms with Gasteiger partial charge in [0.15, 0.2) is 5.11 Å². The van der Waals surface area contributed by atoms with Gasteiger partial charge >= 0.3 is 0 Å². The highest BCUT2D eigenvalue weighted by molar-refractivity contribution is 7.80. The minimum absolute atomic E-state index is 0.437. The van der Waals surface area contributed by atoms with Gasteiger partial charge in [-0.25, -0.2) is 0 Å². The number of methoxy groups -OCH3 is 1. The summed E-state index contributed by atoms with van der Waals surface area (Å²) in [6, 6.07) is 7.62. The Kier molecular flexibility index (Phi) is 5.93. The molecule has 23 heavy (non-hydrogen) atoms. The summed E-state index contributed by atoms with van der Waals surface area (Å²) in [6.45, 7) is 8.19. The van der Waals surface area contributed by atoms with E-state index in [0.717, 1.165) is 30.0 Å². The van der Waals surface area contributed by atoms with Gasteiger partial charge in [-0.15, -0.1) is 0 Å². The van der Waals surface area contributed by atoms with E-state index in [-0.39, 0.29) is 0 Å². The fourth-order valence-corrected chi connectivity index (χ4v) is 2.60. The summed E-state index contributed by atoms with van der Waals surface area (Å²) >= 11 is 5.31. The average Bonchev–Trinajstić information content (AvgIpc) is 2.54. The van der Waals surface area contributed by atoms with Crippen molar-refractivity contribution in [3.63, 3.8) is 0 Å². The highest BCUT2D eigenvalue weighted by atomic mass is 32.1. The van der Waals surface area contributed by atoms with Gasteiger partial charge in [-0.1, -0.05) is 30.4 Å². The van der Waals surface area contributed by atoms with E-state index in [0.29, 0.717) is 11.0 Å². The average molecular weight is 329 g/mol. The molecule has 1 aliphatic rings. The summed E-state index contributed by atoms with van der Waals surface area (Å²) in [5.41, 5.74) is 7.14. The van der Waals surface area contributed by atoms with Crippen molar-refractivity contribution in [2.45, 2.75) is 26.7 Å². The van der Waals surface area contributed by atoms with Crippen LogP contribution in [0.3, 0.4) is 0 Å². The second kappa shape index (κ2) is 7.92. The topological polar surface area (TPSA) is 45.7 Å². The van der Waals surface area contributed by atoms with Gasteiger partial charge in [0.05, 0.1) is 18.5 Å². The number of benzene rings is 1. The fraction of sp³-hybridized carbons (Fsp3) is 0.333. The maximum atomic E-state index is 5.31. The number of hydrazone groups is 1. The van der Waals surface area contributed by atoms with Gasteiger partial charge in [-0.05, 0) is 62.5 Å². The molecule has 0 unspecified atom stereocenters. The zero-order chi connectivity index (χ0) is 16.8. The quantitative estimate of drug-likeness (QED) is 0.492. The molecule has 122 valence electrons. The van der Waals surface area contributed by atoms with Crippen LogP contribution in [0.5, 0.6) is 5.75 Å². The summed E-state index contributed by atoms with van der Waals surface area (Å²) in [5, 5.41) is 8.00. The molecule has 2 N–H and O–H groups in total. The molecule has 0 bridgehead atoms. The molecule has 2 rings (SSSR count). The summed E-state index contributed by atoms with van der Waals surface area (Å²) in [6.07, 6.45) is 4.13. The van der Waals surface area contributed by atoms with E-state index in [1.54, 1.807) is 7.11 Å². The predicted octanol–water partition coefficient (Wildman–Crippen LogP) is 4.27. The Balaban J connectivity index is 2.01. The molecule has 1 atom stereocenters. The van der Waals surface area contributed by atoms with Crippen LogP contribution in [0.2, 0.25) is 0 Å². The maximum absolute atomic E-state index is 5.31. The van der Waals surface area contributed by atoms with Crippen LogP contribution in [0, 0.1) is 5.92 Å². The van der Waals surface area contributed by atoms with Crippen LogP contribution in [-0.4, -0.2) is 17.9 Å². The minimum Gasteiger partial charge on any atom is -0.495 e. The molecule has 1 aliphatic carbocycles. The van der Waals surface area contributed by atoms with E-state index in [1.165, 1.54) is 11.1 Å². The Morgan fingerprint density at radius 3 is 2.83 bits per heavy atom. The van der Waals surface area contributed by atoms with Crippen molar-refractivity contribution in [2.24, 2.45) is 11.0 Å². The van der Waals surface area contributed by atoms with Crippen LogP contribution < -0.4 is 15.5 Å². The van der Waals surface area contributed by atoms with Crippen molar-refractivity contribution >= 4 is 28.7 Å². The molecule has 0 fully saturated rings. The first kappa shape index (κ1) is 17.2. The summed E-state index contributed by atoms with van der Waals surface area (Å²) in [5.74, 6) is 1.19. The highest BCUT2D eigenvalue weighted by Gasteiger charge is 2.18. The maximum Gasteiger partial charge on any atom is 0.191 e. The van der Waals surface area contributed by atoms with Gasteiger partial charge in [0.2, 0.25) is 0 Å². The lowest BCUT2D eigenvalue weighted by molar-refractivity contribution is 0.417.